The Bertz CT molecular complexity index is 663. The van der Waals surface area contributed by atoms with Crippen LogP contribution < -0.4 is 5.32 Å². The van der Waals surface area contributed by atoms with Crippen LogP contribution in [0.5, 0.6) is 0 Å². The molecule has 7 nitrogen and oxygen atoms in total. The van der Waals surface area contributed by atoms with Crippen LogP contribution in [-0.4, -0.2) is 47.3 Å². The Morgan fingerprint density at radius 2 is 1.30 bits per heavy atom. The zero-order chi connectivity index (χ0) is 26.3. The molecule has 1 amide bonds. The first-order chi connectivity index (χ1) is 14.7. The van der Waals surface area contributed by atoms with E-state index in [9.17, 15) is 14.4 Å². The van der Waals surface area contributed by atoms with E-state index < -0.39 is 34.7 Å². The van der Waals surface area contributed by atoms with Crippen LogP contribution in [0.1, 0.15) is 81.1 Å². The Labute approximate surface area is 204 Å². The monoisotopic (exact) mass is 503 g/mol. The van der Waals surface area contributed by atoms with Crippen LogP contribution in [0.2, 0.25) is 36.3 Å². The van der Waals surface area contributed by atoms with Crippen molar-refractivity contribution in [2.24, 2.45) is 5.92 Å². The minimum absolute atomic E-state index is 0.0402. The topological polar surface area (TPSA) is 90.9 Å². The summed E-state index contributed by atoms with van der Waals surface area (Å²) in [5.41, 5.74) is 0. The van der Waals surface area contributed by atoms with Crippen molar-refractivity contribution in [3.63, 3.8) is 0 Å². The zero-order valence-corrected chi connectivity index (χ0v) is 25.1. The molecule has 0 aromatic rings. The van der Waals surface area contributed by atoms with Crippen LogP contribution in [0, 0.1) is 5.92 Å². The van der Waals surface area contributed by atoms with Crippen LogP contribution in [-0.2, 0) is 23.2 Å². The Balaban J connectivity index is 5.02. The summed E-state index contributed by atoms with van der Waals surface area (Å²) in [4.78, 5) is 37.5. The molecule has 0 spiro atoms. The summed E-state index contributed by atoms with van der Waals surface area (Å²) < 4.78 is 16.9. The van der Waals surface area contributed by atoms with Crippen molar-refractivity contribution in [2.45, 2.75) is 123 Å². The average Bonchev–Trinajstić information content (AvgIpc) is 2.59. The van der Waals surface area contributed by atoms with Crippen molar-refractivity contribution in [2.75, 3.05) is 6.61 Å². The van der Waals surface area contributed by atoms with Gasteiger partial charge in [-0.1, -0.05) is 61.8 Å². The second-order valence-corrected chi connectivity index (χ2v) is 21.8. The minimum Gasteiger partial charge on any atom is -0.519 e. The van der Waals surface area contributed by atoms with Gasteiger partial charge in [-0.05, 0) is 55.0 Å². The fraction of sp³-hybridized carbons (Fsp3) is 0.875. The van der Waals surface area contributed by atoms with E-state index in [-0.39, 0.29) is 35.0 Å². The van der Waals surface area contributed by atoms with Crippen molar-refractivity contribution in [1.29, 1.82) is 0 Å². The summed E-state index contributed by atoms with van der Waals surface area (Å²) in [5, 5.41) is 2.49. The summed E-state index contributed by atoms with van der Waals surface area (Å²) >= 11 is 0. The number of hydrogen-bond acceptors (Lipinski definition) is 6. The molecule has 0 aromatic carbocycles. The zero-order valence-electron chi connectivity index (χ0n) is 23.1. The number of amides is 1. The van der Waals surface area contributed by atoms with Gasteiger partial charge in [0.1, 0.15) is 6.04 Å². The fourth-order valence-corrected chi connectivity index (χ4v) is 4.19. The lowest BCUT2D eigenvalue weighted by atomic mass is 10.1. The molecule has 0 bridgehead atoms. The molecule has 1 atom stereocenters. The van der Waals surface area contributed by atoms with Crippen LogP contribution in [0.15, 0.2) is 0 Å². The highest BCUT2D eigenvalue weighted by Gasteiger charge is 2.42. The smallest absolute Gasteiger partial charge is 0.407 e. The molecule has 0 heterocycles. The summed E-state index contributed by atoms with van der Waals surface area (Å²) in [5.74, 6) is -0.446. The average molecular weight is 504 g/mol. The third kappa shape index (κ3) is 11.6. The SMILES string of the molecule is CC(C)COC(=O)NC(CCCCC(=O)O[Si](C)(C)C(C)(C)C)C(=O)O[Si](C)(C)C(C)(C)C. The van der Waals surface area contributed by atoms with E-state index in [1.807, 2.05) is 40.0 Å². The molecule has 0 saturated carbocycles. The summed E-state index contributed by atoms with van der Waals surface area (Å²) in [7, 11) is -4.49. The van der Waals surface area contributed by atoms with Crippen molar-refractivity contribution in [3.8, 4) is 0 Å². The van der Waals surface area contributed by atoms with Gasteiger partial charge in [0.15, 0.2) is 0 Å². The van der Waals surface area contributed by atoms with Gasteiger partial charge < -0.3 is 18.9 Å². The van der Waals surface area contributed by atoms with E-state index in [1.165, 1.54) is 0 Å². The summed E-state index contributed by atoms with van der Waals surface area (Å²) in [6.45, 7) is 24.7. The summed E-state index contributed by atoms with van der Waals surface area (Å²) in [6.07, 6.45) is 1.18. The van der Waals surface area contributed by atoms with E-state index in [4.69, 9.17) is 13.6 Å². The van der Waals surface area contributed by atoms with Gasteiger partial charge in [-0.25, -0.2) is 4.79 Å². The first-order valence-corrected chi connectivity index (χ1v) is 17.9. The lowest BCUT2D eigenvalue weighted by molar-refractivity contribution is -0.138. The lowest BCUT2D eigenvalue weighted by Crippen LogP contribution is -2.49. The van der Waals surface area contributed by atoms with Crippen LogP contribution >= 0.6 is 0 Å². The maximum absolute atomic E-state index is 13.0. The van der Waals surface area contributed by atoms with Gasteiger partial charge in [0.25, 0.3) is 22.6 Å². The van der Waals surface area contributed by atoms with Gasteiger partial charge in [-0.15, -0.1) is 0 Å². The number of rotatable bonds is 11. The molecule has 194 valence electrons. The standard InChI is InChI=1S/C24H49NO6Si2/c1-18(2)17-29-22(28)25-19(21(27)31-33(11,12)24(6,7)8)15-13-14-16-20(26)30-32(9,10)23(3,4)5/h18-19H,13-17H2,1-12H3,(H,25,28). The van der Waals surface area contributed by atoms with Crippen LogP contribution in [0.4, 0.5) is 4.79 Å². The molecule has 0 aliphatic rings. The molecule has 33 heavy (non-hydrogen) atoms. The van der Waals surface area contributed by atoms with Gasteiger partial charge in [0.05, 0.1) is 6.61 Å². The highest BCUT2D eigenvalue weighted by molar-refractivity contribution is 6.75. The molecule has 0 aliphatic heterocycles. The molecule has 0 radical (unpaired) electrons. The van der Waals surface area contributed by atoms with E-state index in [0.717, 1.165) is 0 Å². The lowest BCUT2D eigenvalue weighted by Gasteiger charge is -2.36. The van der Waals surface area contributed by atoms with E-state index in [0.29, 0.717) is 19.3 Å². The molecular formula is C24H49NO6Si2. The number of carbonyl (C=O) groups is 3. The Morgan fingerprint density at radius 1 is 0.818 bits per heavy atom. The number of hydrogen-bond donors (Lipinski definition) is 1. The number of nitrogens with one attached hydrogen (secondary N) is 1. The van der Waals surface area contributed by atoms with Crippen molar-refractivity contribution < 1.29 is 28.0 Å². The predicted octanol–water partition coefficient (Wildman–Crippen LogP) is 6.39. The maximum atomic E-state index is 13.0. The first-order valence-electron chi connectivity index (χ1n) is 12.1. The Hall–Kier alpha value is -1.36. The first kappa shape index (κ1) is 31.6. The highest BCUT2D eigenvalue weighted by Crippen LogP contribution is 2.37. The van der Waals surface area contributed by atoms with E-state index in [1.54, 1.807) is 0 Å². The fourth-order valence-electron chi connectivity index (χ4n) is 2.26. The molecule has 1 unspecified atom stereocenters. The third-order valence-corrected chi connectivity index (χ3v) is 15.3. The van der Waals surface area contributed by atoms with E-state index in [2.05, 4.69) is 46.9 Å². The number of unbranched alkanes of at least 4 members (excludes halogenated alkanes) is 1. The second-order valence-electron chi connectivity index (χ2n) is 12.4. The van der Waals surface area contributed by atoms with Gasteiger partial charge in [0.2, 0.25) is 0 Å². The van der Waals surface area contributed by atoms with E-state index >= 15 is 0 Å². The molecule has 9 heteroatoms. The van der Waals surface area contributed by atoms with Crippen LogP contribution in [0.25, 0.3) is 0 Å². The number of ether oxygens (including phenoxy) is 1. The van der Waals surface area contributed by atoms with Crippen molar-refractivity contribution in [1.82, 2.24) is 5.32 Å². The molecule has 0 fully saturated rings. The molecule has 0 aromatic heterocycles. The van der Waals surface area contributed by atoms with Crippen molar-refractivity contribution >= 4 is 34.7 Å². The van der Waals surface area contributed by atoms with Crippen LogP contribution in [0.3, 0.4) is 0 Å². The molecule has 0 aliphatic carbocycles. The van der Waals surface area contributed by atoms with Crippen molar-refractivity contribution in [3.05, 3.63) is 0 Å². The minimum atomic E-state index is -2.34. The van der Waals surface area contributed by atoms with Gasteiger partial charge in [-0.2, -0.15) is 0 Å². The van der Waals surface area contributed by atoms with Gasteiger partial charge in [-0.3, -0.25) is 9.59 Å². The maximum Gasteiger partial charge on any atom is 0.407 e. The third-order valence-electron chi connectivity index (χ3n) is 6.59. The molecule has 1 N–H and O–H groups in total. The normalized spacial score (nSPS) is 14.0. The molecular weight excluding hydrogens is 454 g/mol. The Morgan fingerprint density at radius 3 is 1.76 bits per heavy atom. The van der Waals surface area contributed by atoms with Gasteiger partial charge >= 0.3 is 12.1 Å². The number of alkyl carbamates (subject to hydrolysis) is 1. The largest absolute Gasteiger partial charge is 0.519 e. The molecule has 0 rings (SSSR count). The number of carbonyl (C=O) groups excluding carboxylic acids is 3. The predicted molar refractivity (Wildman–Crippen MR) is 138 cm³/mol. The Kier molecular flexibility index (Phi) is 11.9. The summed E-state index contributed by atoms with van der Waals surface area (Å²) in [6, 6.07) is -0.810. The van der Waals surface area contributed by atoms with Gasteiger partial charge in [0, 0.05) is 6.42 Å². The second kappa shape index (κ2) is 12.4. The quantitative estimate of drug-likeness (QED) is 0.259. The highest BCUT2D eigenvalue weighted by atomic mass is 28.4. The molecule has 0 saturated heterocycles.